The van der Waals surface area contributed by atoms with E-state index in [0.717, 1.165) is 10.9 Å². The van der Waals surface area contributed by atoms with Crippen LogP contribution in [0.3, 0.4) is 0 Å². The van der Waals surface area contributed by atoms with Crippen LogP contribution in [0.4, 0.5) is 0 Å². The lowest BCUT2D eigenvalue weighted by Crippen LogP contribution is -2.58. The third-order valence-corrected chi connectivity index (χ3v) is 6.57. The Hall–Kier alpha value is -4.95. The molecule has 4 unspecified atom stereocenters. The fraction of sp³-hybridized carbons (Fsp3) is 0.321. The zero-order valence-electron chi connectivity index (χ0n) is 22.6. The molecule has 1 aromatic heterocycles. The van der Waals surface area contributed by atoms with E-state index in [0.29, 0.717) is 11.1 Å². The van der Waals surface area contributed by atoms with Crippen LogP contribution in [0.1, 0.15) is 24.0 Å². The zero-order chi connectivity index (χ0) is 30.8. The minimum absolute atomic E-state index is 0.00787. The molecule has 0 bridgehead atoms. The third-order valence-electron chi connectivity index (χ3n) is 6.57. The number of carboxylic acids is 1. The summed E-state index contributed by atoms with van der Waals surface area (Å²) >= 11 is 0. The second kappa shape index (κ2) is 14.6. The molecule has 224 valence electrons. The van der Waals surface area contributed by atoms with E-state index in [1.54, 1.807) is 18.3 Å². The number of aromatic nitrogens is 1. The van der Waals surface area contributed by atoms with Gasteiger partial charge in [0.1, 0.15) is 23.9 Å². The lowest BCUT2D eigenvalue weighted by atomic mass is 10.0. The highest BCUT2D eigenvalue weighted by Crippen LogP contribution is 2.19. The van der Waals surface area contributed by atoms with Crippen LogP contribution in [-0.4, -0.2) is 80.7 Å². The Morgan fingerprint density at radius 3 is 2.10 bits per heavy atom. The molecule has 0 fully saturated rings. The van der Waals surface area contributed by atoms with Gasteiger partial charge in [-0.2, -0.15) is 0 Å². The molecule has 4 amide bonds. The molecular formula is C28H34N6O8. The Labute approximate surface area is 240 Å². The second-order valence-corrected chi connectivity index (χ2v) is 9.75. The van der Waals surface area contributed by atoms with Gasteiger partial charge in [-0.15, -0.1) is 0 Å². The summed E-state index contributed by atoms with van der Waals surface area (Å²) in [6, 6.07) is 8.07. The van der Waals surface area contributed by atoms with E-state index in [4.69, 9.17) is 11.5 Å². The molecule has 3 rings (SSSR count). The largest absolute Gasteiger partial charge is 0.508 e. The standard InChI is InChI=1S/C28H34N6O8/c29-19(11-15-5-7-17(36)8-6-15)25(38)33-22(12-16-13-31-20-4-2-1-3-18(16)20)27(40)32-21(9-10-24(30)37)26(39)34-23(14-35)28(41)42/h1-8,13,19,21-23,31,35-36H,9-12,14,29H2,(H2,30,37)(H,32,40)(H,33,38)(H,34,39)(H,41,42). The van der Waals surface area contributed by atoms with Gasteiger partial charge in [0, 0.05) is 29.9 Å². The summed E-state index contributed by atoms with van der Waals surface area (Å²) in [4.78, 5) is 65.3. The van der Waals surface area contributed by atoms with Crippen molar-refractivity contribution in [3.05, 3.63) is 65.9 Å². The van der Waals surface area contributed by atoms with E-state index >= 15 is 0 Å². The first-order valence-corrected chi connectivity index (χ1v) is 13.1. The van der Waals surface area contributed by atoms with Gasteiger partial charge in [-0.25, -0.2) is 4.79 Å². The molecular weight excluding hydrogens is 548 g/mol. The van der Waals surface area contributed by atoms with Crippen molar-refractivity contribution in [3.63, 3.8) is 0 Å². The first-order chi connectivity index (χ1) is 20.0. The molecule has 11 N–H and O–H groups in total. The number of amides is 4. The van der Waals surface area contributed by atoms with Crippen molar-refractivity contribution in [1.82, 2.24) is 20.9 Å². The maximum absolute atomic E-state index is 13.5. The monoisotopic (exact) mass is 582 g/mol. The minimum atomic E-state index is -1.65. The smallest absolute Gasteiger partial charge is 0.328 e. The van der Waals surface area contributed by atoms with Gasteiger partial charge in [0.05, 0.1) is 12.6 Å². The summed E-state index contributed by atoms with van der Waals surface area (Å²) in [6.07, 6.45) is 1.20. The van der Waals surface area contributed by atoms with Crippen LogP contribution in [0.2, 0.25) is 0 Å². The summed E-state index contributed by atoms with van der Waals surface area (Å²) in [5.41, 5.74) is 13.5. The van der Waals surface area contributed by atoms with Crippen molar-refractivity contribution < 1.29 is 39.3 Å². The molecule has 14 nitrogen and oxygen atoms in total. The van der Waals surface area contributed by atoms with Crippen LogP contribution in [0.25, 0.3) is 10.9 Å². The number of carbonyl (C=O) groups is 5. The van der Waals surface area contributed by atoms with Crippen LogP contribution in [0.5, 0.6) is 5.75 Å². The van der Waals surface area contributed by atoms with Crippen molar-refractivity contribution in [1.29, 1.82) is 0 Å². The van der Waals surface area contributed by atoms with E-state index in [-0.39, 0.29) is 31.4 Å². The van der Waals surface area contributed by atoms with Crippen molar-refractivity contribution in [3.8, 4) is 5.75 Å². The molecule has 42 heavy (non-hydrogen) atoms. The molecule has 0 saturated heterocycles. The normalized spacial score (nSPS) is 13.9. The van der Waals surface area contributed by atoms with Crippen LogP contribution in [-0.2, 0) is 36.8 Å². The van der Waals surface area contributed by atoms with Crippen molar-refractivity contribution in [2.24, 2.45) is 11.5 Å². The Kier molecular flexibility index (Phi) is 11.0. The summed E-state index contributed by atoms with van der Waals surface area (Å²) in [5.74, 6) is -4.64. The SMILES string of the molecule is NC(=O)CCC(NC(=O)C(Cc1c[nH]c2ccccc12)NC(=O)C(N)Cc1ccc(O)cc1)C(=O)NC(CO)C(=O)O. The molecule has 14 heteroatoms. The number of aliphatic carboxylic acids is 1. The minimum Gasteiger partial charge on any atom is -0.508 e. The van der Waals surface area contributed by atoms with Crippen LogP contribution in [0, 0.1) is 0 Å². The maximum atomic E-state index is 13.5. The molecule has 0 saturated carbocycles. The van der Waals surface area contributed by atoms with Crippen LogP contribution >= 0.6 is 0 Å². The summed E-state index contributed by atoms with van der Waals surface area (Å²) < 4.78 is 0. The quantitative estimate of drug-likeness (QED) is 0.104. The first-order valence-electron chi connectivity index (χ1n) is 13.1. The number of para-hydroxylation sites is 1. The maximum Gasteiger partial charge on any atom is 0.328 e. The molecule has 1 heterocycles. The number of aromatic hydroxyl groups is 1. The highest BCUT2D eigenvalue weighted by atomic mass is 16.4. The number of H-pyrrole nitrogens is 1. The molecule has 0 aliphatic carbocycles. The Balaban J connectivity index is 1.83. The summed E-state index contributed by atoms with van der Waals surface area (Å²) in [7, 11) is 0. The van der Waals surface area contributed by atoms with Gasteiger partial charge < -0.3 is 47.7 Å². The topological polar surface area (TPSA) is 250 Å². The number of phenolic OH excluding ortho intramolecular Hbond substituents is 1. The molecule has 2 aromatic carbocycles. The van der Waals surface area contributed by atoms with Gasteiger partial charge in [-0.3, -0.25) is 19.2 Å². The van der Waals surface area contributed by atoms with Gasteiger partial charge >= 0.3 is 5.97 Å². The summed E-state index contributed by atoms with van der Waals surface area (Å²) in [5, 5.41) is 36.0. The lowest BCUT2D eigenvalue weighted by Gasteiger charge is -2.25. The van der Waals surface area contributed by atoms with E-state index in [2.05, 4.69) is 20.9 Å². The number of carbonyl (C=O) groups excluding carboxylic acids is 4. The number of aliphatic hydroxyl groups is 1. The Morgan fingerprint density at radius 2 is 1.45 bits per heavy atom. The van der Waals surface area contributed by atoms with Gasteiger partial charge in [0.15, 0.2) is 0 Å². The van der Waals surface area contributed by atoms with E-state index in [1.165, 1.54) is 12.1 Å². The Bertz CT molecular complexity index is 1420. The van der Waals surface area contributed by atoms with Crippen molar-refractivity contribution in [2.45, 2.75) is 49.9 Å². The van der Waals surface area contributed by atoms with Crippen molar-refractivity contribution >= 4 is 40.5 Å². The van der Waals surface area contributed by atoms with Gasteiger partial charge in [0.25, 0.3) is 0 Å². The average molecular weight is 583 g/mol. The molecule has 0 spiro atoms. The molecule has 4 atom stereocenters. The van der Waals surface area contributed by atoms with E-state index < -0.39 is 60.4 Å². The number of fused-ring (bicyclic) bond motifs is 1. The van der Waals surface area contributed by atoms with Crippen molar-refractivity contribution in [2.75, 3.05) is 6.61 Å². The number of hydrogen-bond donors (Lipinski definition) is 9. The van der Waals surface area contributed by atoms with E-state index in [9.17, 15) is 39.3 Å². The third kappa shape index (κ3) is 8.78. The predicted octanol–water partition coefficient (Wildman–Crippen LogP) is -1.22. The molecule has 3 aromatic rings. The number of aromatic amines is 1. The van der Waals surface area contributed by atoms with Crippen LogP contribution in [0.15, 0.2) is 54.7 Å². The Morgan fingerprint density at radius 1 is 0.833 bits per heavy atom. The number of phenols is 1. The number of hydrogen-bond acceptors (Lipinski definition) is 8. The summed E-state index contributed by atoms with van der Waals surface area (Å²) in [6.45, 7) is -0.907. The number of nitrogens with two attached hydrogens (primary N) is 2. The fourth-order valence-corrected chi connectivity index (χ4v) is 4.27. The number of carboxylic acid groups (broad SMARTS) is 1. The highest BCUT2D eigenvalue weighted by molar-refractivity contribution is 5.95. The van der Waals surface area contributed by atoms with Gasteiger partial charge in [0.2, 0.25) is 23.6 Å². The van der Waals surface area contributed by atoms with Gasteiger partial charge in [-0.05, 0) is 42.2 Å². The predicted molar refractivity (Wildman–Crippen MR) is 151 cm³/mol. The van der Waals surface area contributed by atoms with E-state index in [1.807, 2.05) is 24.3 Å². The number of nitrogens with one attached hydrogen (secondary N) is 4. The lowest BCUT2D eigenvalue weighted by molar-refractivity contribution is -0.143. The molecule has 0 radical (unpaired) electrons. The fourth-order valence-electron chi connectivity index (χ4n) is 4.27. The number of aliphatic hydroxyl groups excluding tert-OH is 1. The number of benzene rings is 2. The van der Waals surface area contributed by atoms with Crippen LogP contribution < -0.4 is 27.4 Å². The zero-order valence-corrected chi connectivity index (χ0v) is 22.6. The number of primary amides is 1. The number of rotatable bonds is 15. The second-order valence-electron chi connectivity index (χ2n) is 9.75. The van der Waals surface area contributed by atoms with Gasteiger partial charge in [-0.1, -0.05) is 30.3 Å². The molecule has 0 aliphatic rings. The molecule has 0 aliphatic heterocycles. The first kappa shape index (κ1) is 31.6. The average Bonchev–Trinajstić information content (AvgIpc) is 3.36. The highest BCUT2D eigenvalue weighted by Gasteiger charge is 2.31.